The summed E-state index contributed by atoms with van der Waals surface area (Å²) in [5, 5.41) is 7.25. The molecule has 2 aliphatic rings. The van der Waals surface area contributed by atoms with Crippen LogP contribution in [0.1, 0.15) is 134 Å². The van der Waals surface area contributed by atoms with E-state index in [-0.39, 0.29) is 47.7 Å². The van der Waals surface area contributed by atoms with Crippen molar-refractivity contribution in [3.05, 3.63) is 0 Å². The number of unbranched alkanes of at least 4 members (excludes halogenated alkanes) is 5. The Kier molecular flexibility index (Phi) is 10.0. The quantitative estimate of drug-likeness (QED) is 0.282. The minimum absolute atomic E-state index is 0. The molecule has 200 valence electrons. The molecule has 6 nitrogen and oxygen atoms in total. The smallest absolute Gasteiger partial charge is 0.306 e. The molecule has 2 N–H and O–H groups in total. The van der Waals surface area contributed by atoms with Gasteiger partial charge in [-0.25, -0.2) is 0 Å². The third-order valence-corrected chi connectivity index (χ3v) is 6.91. The molecule has 0 unspecified atom stereocenters. The molecule has 0 amide bonds. The number of hydrogen-bond donors (Lipinski definition) is 2. The van der Waals surface area contributed by atoms with Gasteiger partial charge in [-0.1, -0.05) is 25.7 Å². The van der Waals surface area contributed by atoms with Crippen LogP contribution in [0.3, 0.4) is 0 Å². The zero-order valence-corrected chi connectivity index (χ0v) is 23.3. The Morgan fingerprint density at radius 2 is 0.853 bits per heavy atom. The van der Waals surface area contributed by atoms with Gasteiger partial charge in [-0.3, -0.25) is 9.59 Å². The van der Waals surface area contributed by atoms with Gasteiger partial charge in [-0.2, -0.15) is 0 Å². The molecule has 0 saturated carbocycles. The first-order chi connectivity index (χ1) is 15.6. The zero-order valence-electron chi connectivity index (χ0n) is 24.3. The topological polar surface area (TPSA) is 76.7 Å². The number of ether oxygens (including phenoxy) is 2. The molecule has 2 heterocycles. The van der Waals surface area contributed by atoms with E-state index in [1.54, 1.807) is 0 Å². The van der Waals surface area contributed by atoms with Gasteiger partial charge < -0.3 is 21.5 Å². The van der Waals surface area contributed by atoms with E-state index < -0.39 is 0 Å². The van der Waals surface area contributed by atoms with Gasteiger partial charge in [0.15, 0.2) is 0 Å². The summed E-state index contributed by atoms with van der Waals surface area (Å²) >= 11 is 0. The molecule has 2 rings (SSSR count). The Hall–Kier alpha value is -1.14. The molecule has 0 aromatic carbocycles. The van der Waals surface area contributed by atoms with Crippen molar-refractivity contribution in [2.45, 2.75) is 167 Å². The Bertz CT molecular complexity index is 600. The highest BCUT2D eigenvalue weighted by Crippen LogP contribution is 2.31. The molecular weight excluding hydrogens is 428 g/mol. The summed E-state index contributed by atoms with van der Waals surface area (Å²) in [7, 11) is 0. The van der Waals surface area contributed by atoms with E-state index in [2.05, 4.69) is 66.0 Å². The molecule has 2 saturated heterocycles. The van der Waals surface area contributed by atoms with E-state index in [0.29, 0.717) is 12.8 Å². The van der Waals surface area contributed by atoms with Crippen LogP contribution < -0.4 is 10.6 Å². The predicted octanol–water partition coefficient (Wildman–Crippen LogP) is 5.92. The lowest BCUT2D eigenvalue weighted by Crippen LogP contribution is -2.59. The predicted molar refractivity (Wildman–Crippen MR) is 139 cm³/mol. The second-order valence-corrected chi connectivity index (χ2v) is 13.4. The van der Waals surface area contributed by atoms with Crippen LogP contribution in [-0.4, -0.2) is 46.3 Å². The van der Waals surface area contributed by atoms with Gasteiger partial charge in [0.25, 0.3) is 0 Å². The molecule has 0 aromatic rings. The van der Waals surface area contributed by atoms with E-state index in [1.807, 2.05) is 0 Å². The van der Waals surface area contributed by atoms with Crippen molar-refractivity contribution < 1.29 is 20.5 Å². The summed E-state index contributed by atoms with van der Waals surface area (Å²) in [6.07, 6.45) is 10.4. The average molecular weight is 482 g/mol. The van der Waals surface area contributed by atoms with Crippen LogP contribution in [-0.2, 0) is 19.1 Å². The fourth-order valence-corrected chi connectivity index (χ4v) is 6.36. The number of rotatable bonds is 11. The lowest BCUT2D eigenvalue weighted by atomic mass is 9.81. The highest BCUT2D eigenvalue weighted by Gasteiger charge is 2.40. The summed E-state index contributed by atoms with van der Waals surface area (Å²) in [4.78, 5) is 24.6. The molecule has 0 bridgehead atoms. The van der Waals surface area contributed by atoms with Crippen molar-refractivity contribution in [3.8, 4) is 0 Å². The van der Waals surface area contributed by atoms with Crippen molar-refractivity contribution in [1.29, 1.82) is 0 Å². The highest BCUT2D eigenvalue weighted by atomic mass is 16.5. The highest BCUT2D eigenvalue weighted by molar-refractivity contribution is 5.69. The first-order valence-electron chi connectivity index (χ1n) is 13.5. The Balaban J connectivity index is 0.00000612. The number of carbonyl (C=O) groups is 2. The normalized spacial score (nSPS) is 23.9. The summed E-state index contributed by atoms with van der Waals surface area (Å²) in [6.45, 7) is 17.4. The Labute approximate surface area is 210 Å². The fourth-order valence-electron chi connectivity index (χ4n) is 6.36. The fraction of sp³-hybridized carbons (Fsp3) is 0.929. The number of piperidine rings is 2. The molecule has 2 aliphatic heterocycles. The van der Waals surface area contributed by atoms with Crippen LogP contribution in [0.4, 0.5) is 0 Å². The molecule has 0 spiro atoms. The van der Waals surface area contributed by atoms with Crippen molar-refractivity contribution >= 4 is 11.9 Å². The zero-order chi connectivity index (χ0) is 25.6. The summed E-state index contributed by atoms with van der Waals surface area (Å²) < 4.78 is 11.6. The summed E-state index contributed by atoms with van der Waals surface area (Å²) in [6, 6.07) is 0. The molecule has 0 radical (unpaired) electrons. The molecule has 0 aliphatic carbocycles. The van der Waals surface area contributed by atoms with Gasteiger partial charge in [0.1, 0.15) is 12.2 Å². The number of esters is 2. The second-order valence-electron chi connectivity index (χ2n) is 13.4. The van der Waals surface area contributed by atoms with E-state index in [9.17, 15) is 9.59 Å². The third kappa shape index (κ3) is 11.1. The third-order valence-electron chi connectivity index (χ3n) is 6.91. The Morgan fingerprint density at radius 1 is 0.588 bits per heavy atom. The van der Waals surface area contributed by atoms with Crippen molar-refractivity contribution in [1.82, 2.24) is 10.6 Å². The number of nitrogens with one attached hydrogen (secondary N) is 2. The SMILES string of the molecule is CC1(C)CC(OC(=O)CCCCCCCCC(=O)OC2CC(C)(C)NC(C)(C)C2)CC(C)(C)N1.[H-]. The van der Waals surface area contributed by atoms with Gasteiger partial charge >= 0.3 is 11.9 Å². The van der Waals surface area contributed by atoms with Gasteiger partial charge in [-0.05, 0) is 68.2 Å². The lowest BCUT2D eigenvalue weighted by Gasteiger charge is -2.46. The van der Waals surface area contributed by atoms with Crippen LogP contribution >= 0.6 is 0 Å². The van der Waals surface area contributed by atoms with E-state index in [4.69, 9.17) is 9.47 Å². The monoisotopic (exact) mass is 481 g/mol. The maximum absolute atomic E-state index is 12.3. The molecule has 0 aromatic heterocycles. The van der Waals surface area contributed by atoms with Crippen LogP contribution in [0.25, 0.3) is 0 Å². The number of hydrogen-bond acceptors (Lipinski definition) is 6. The van der Waals surface area contributed by atoms with E-state index >= 15 is 0 Å². The molecule has 0 atom stereocenters. The summed E-state index contributed by atoms with van der Waals surface area (Å²) in [5.74, 6) is -0.129. The van der Waals surface area contributed by atoms with Crippen LogP contribution in [0.5, 0.6) is 0 Å². The number of carbonyl (C=O) groups excluding carboxylic acids is 2. The van der Waals surface area contributed by atoms with Crippen molar-refractivity contribution in [3.63, 3.8) is 0 Å². The first kappa shape index (κ1) is 29.1. The lowest BCUT2D eigenvalue weighted by molar-refractivity contribution is -0.154. The van der Waals surface area contributed by atoms with Crippen LogP contribution in [0.2, 0.25) is 0 Å². The minimum atomic E-state index is -0.0643. The van der Waals surface area contributed by atoms with E-state index in [1.165, 1.54) is 0 Å². The molecular formula is C28H53N2O4-. The molecule has 34 heavy (non-hydrogen) atoms. The van der Waals surface area contributed by atoms with Gasteiger partial charge in [0.05, 0.1) is 0 Å². The minimum Gasteiger partial charge on any atom is -1.00 e. The maximum atomic E-state index is 12.3. The average Bonchev–Trinajstić information content (AvgIpc) is 2.58. The molecule has 2 fully saturated rings. The Morgan fingerprint density at radius 3 is 1.15 bits per heavy atom. The second kappa shape index (κ2) is 11.7. The standard InChI is InChI=1S/C28H52N2O4.H/c1-25(2)17-21(18-26(3,4)29-25)33-23(31)15-13-11-9-10-12-14-16-24(32)34-22-19-27(5,6)30-28(7,8)20-22;/h21-22,29-30H,9-20H2,1-8H3;/q;-1. The summed E-state index contributed by atoms with van der Waals surface area (Å²) in [5.41, 5.74) is -0.0559. The van der Waals surface area contributed by atoms with Crippen LogP contribution in [0, 0.1) is 0 Å². The molecule has 6 heteroatoms. The van der Waals surface area contributed by atoms with Gasteiger partial charge in [0, 0.05) is 60.7 Å². The van der Waals surface area contributed by atoms with Crippen LogP contribution in [0.15, 0.2) is 0 Å². The van der Waals surface area contributed by atoms with Crippen molar-refractivity contribution in [2.75, 3.05) is 0 Å². The van der Waals surface area contributed by atoms with Crippen molar-refractivity contribution in [2.24, 2.45) is 0 Å². The largest absolute Gasteiger partial charge is 1.00 e. The first-order valence-corrected chi connectivity index (χ1v) is 13.5. The van der Waals surface area contributed by atoms with Gasteiger partial charge in [0.2, 0.25) is 0 Å². The van der Waals surface area contributed by atoms with Gasteiger partial charge in [-0.15, -0.1) is 0 Å². The van der Waals surface area contributed by atoms with E-state index in [0.717, 1.165) is 64.2 Å². The maximum Gasteiger partial charge on any atom is 0.306 e.